The molecule has 1 amide bonds. The van der Waals surface area contributed by atoms with Gasteiger partial charge in [-0.15, -0.1) is 0 Å². The monoisotopic (exact) mass is 408 g/mol. The summed E-state index contributed by atoms with van der Waals surface area (Å²) in [6, 6.07) is 13.2. The molecule has 0 bridgehead atoms. The Labute approximate surface area is 181 Å². The van der Waals surface area contributed by atoms with Gasteiger partial charge in [0.05, 0.1) is 6.54 Å². The van der Waals surface area contributed by atoms with Crippen molar-refractivity contribution in [3.8, 4) is 0 Å². The maximum Gasteiger partial charge on any atom is 0.234 e. The van der Waals surface area contributed by atoms with Gasteiger partial charge in [0.15, 0.2) is 0 Å². The summed E-state index contributed by atoms with van der Waals surface area (Å²) >= 11 is 0. The third-order valence-electron chi connectivity index (χ3n) is 5.53. The van der Waals surface area contributed by atoms with E-state index in [0.29, 0.717) is 12.5 Å². The van der Waals surface area contributed by atoms with Crippen LogP contribution in [0.25, 0.3) is 0 Å². The van der Waals surface area contributed by atoms with Crippen molar-refractivity contribution in [1.82, 2.24) is 20.1 Å². The van der Waals surface area contributed by atoms with Gasteiger partial charge in [0.25, 0.3) is 0 Å². The molecule has 0 saturated carbocycles. The molecule has 30 heavy (non-hydrogen) atoms. The topological polar surface area (TPSA) is 48.5 Å². The largest absolute Gasteiger partial charge is 0.351 e. The zero-order valence-corrected chi connectivity index (χ0v) is 18.7. The zero-order valence-electron chi connectivity index (χ0n) is 18.7. The van der Waals surface area contributed by atoms with E-state index in [0.717, 1.165) is 51.0 Å². The van der Waals surface area contributed by atoms with Gasteiger partial charge in [-0.25, -0.2) is 0 Å². The molecule has 162 valence electrons. The number of hydrogen-bond acceptors (Lipinski definition) is 4. The Bertz CT molecular complexity index is 775. The number of aromatic nitrogens is 1. The fourth-order valence-electron chi connectivity index (χ4n) is 4.21. The van der Waals surface area contributed by atoms with Gasteiger partial charge in [0.1, 0.15) is 0 Å². The first-order chi connectivity index (χ1) is 14.5. The number of piperidine rings is 1. The Morgan fingerprint density at radius 1 is 1.20 bits per heavy atom. The number of benzene rings is 1. The first-order valence-corrected chi connectivity index (χ1v) is 11.1. The lowest BCUT2D eigenvalue weighted by molar-refractivity contribution is -0.123. The number of hydrogen-bond donors (Lipinski definition) is 1. The molecule has 1 aliphatic heterocycles. The molecule has 1 aliphatic rings. The lowest BCUT2D eigenvalue weighted by atomic mass is 10.0. The molecule has 3 rings (SSSR count). The van der Waals surface area contributed by atoms with E-state index < -0.39 is 0 Å². The number of nitrogens with one attached hydrogen (secondary N) is 1. The predicted octanol–water partition coefficient (Wildman–Crippen LogP) is 3.49. The molecule has 1 atom stereocenters. The van der Waals surface area contributed by atoms with Crippen molar-refractivity contribution in [2.24, 2.45) is 5.92 Å². The molecule has 1 aromatic carbocycles. The van der Waals surface area contributed by atoms with Crippen LogP contribution in [-0.4, -0.2) is 53.4 Å². The Morgan fingerprint density at radius 3 is 2.67 bits per heavy atom. The molecule has 0 radical (unpaired) electrons. The van der Waals surface area contributed by atoms with Gasteiger partial charge in [-0.3, -0.25) is 19.6 Å². The smallest absolute Gasteiger partial charge is 0.234 e. The first-order valence-electron chi connectivity index (χ1n) is 11.1. The molecule has 0 spiro atoms. The number of nitrogens with zero attached hydrogens (tertiary/aromatic N) is 3. The standard InChI is InChI=1S/C25H36N4O/c1-20(2)14-21-8-10-22(11-9-21)17-29-13-5-7-24(18-29)27-25(30)19-28(3)16-23-6-4-12-26-15-23/h4,6,8-12,15,20,24H,5,7,13-14,16-19H2,1-3H3,(H,27,30). The predicted molar refractivity (Wildman–Crippen MR) is 122 cm³/mol. The molecule has 1 saturated heterocycles. The highest BCUT2D eigenvalue weighted by molar-refractivity contribution is 5.78. The summed E-state index contributed by atoms with van der Waals surface area (Å²) in [5.74, 6) is 0.789. The molecule has 1 fully saturated rings. The van der Waals surface area contributed by atoms with Crippen LogP contribution in [0.3, 0.4) is 0 Å². The van der Waals surface area contributed by atoms with E-state index in [2.05, 4.69) is 53.3 Å². The molecule has 1 N–H and O–H groups in total. The van der Waals surface area contributed by atoms with Crippen molar-refractivity contribution in [2.75, 3.05) is 26.7 Å². The molecule has 2 aromatic rings. The number of likely N-dealkylation sites (N-methyl/N-ethyl adjacent to an activating group) is 1. The quantitative estimate of drug-likeness (QED) is 0.690. The van der Waals surface area contributed by atoms with Crippen LogP contribution in [0.1, 0.15) is 43.4 Å². The second-order valence-electron chi connectivity index (χ2n) is 9.09. The van der Waals surface area contributed by atoms with E-state index in [1.807, 2.05) is 30.3 Å². The molecule has 5 nitrogen and oxygen atoms in total. The van der Waals surface area contributed by atoms with Gasteiger partial charge in [-0.05, 0) is 61.5 Å². The maximum atomic E-state index is 12.5. The number of carbonyl (C=O) groups excluding carboxylic acids is 1. The van der Waals surface area contributed by atoms with E-state index in [9.17, 15) is 4.79 Å². The average Bonchev–Trinajstić information content (AvgIpc) is 2.70. The average molecular weight is 409 g/mol. The van der Waals surface area contributed by atoms with Crippen LogP contribution in [0.4, 0.5) is 0 Å². The summed E-state index contributed by atoms with van der Waals surface area (Å²) in [6.45, 7) is 8.62. The van der Waals surface area contributed by atoms with Crippen molar-refractivity contribution >= 4 is 5.91 Å². The van der Waals surface area contributed by atoms with E-state index in [1.54, 1.807) is 6.20 Å². The summed E-state index contributed by atoms with van der Waals surface area (Å²) in [7, 11) is 1.97. The maximum absolute atomic E-state index is 12.5. The normalized spacial score (nSPS) is 17.4. The highest BCUT2D eigenvalue weighted by Crippen LogP contribution is 2.16. The van der Waals surface area contributed by atoms with Gasteiger partial charge in [0.2, 0.25) is 5.91 Å². The minimum atomic E-state index is 0.103. The molecule has 1 aromatic heterocycles. The number of carbonyl (C=O) groups is 1. The number of rotatable bonds is 9. The van der Waals surface area contributed by atoms with Crippen molar-refractivity contribution in [3.05, 3.63) is 65.5 Å². The highest BCUT2D eigenvalue weighted by atomic mass is 16.2. The van der Waals surface area contributed by atoms with Crippen molar-refractivity contribution in [2.45, 2.75) is 52.2 Å². The Balaban J connectivity index is 1.43. The van der Waals surface area contributed by atoms with E-state index in [-0.39, 0.29) is 11.9 Å². The zero-order chi connectivity index (χ0) is 21.3. The summed E-state index contributed by atoms with van der Waals surface area (Å²) in [4.78, 5) is 21.2. The molecule has 0 aliphatic carbocycles. The number of likely N-dealkylation sites (tertiary alicyclic amines) is 1. The SMILES string of the molecule is CC(C)Cc1ccc(CN2CCCC(NC(=O)CN(C)Cc3cccnc3)C2)cc1. The summed E-state index contributed by atoms with van der Waals surface area (Å²) in [5, 5.41) is 3.24. The van der Waals surface area contributed by atoms with Crippen LogP contribution in [0.15, 0.2) is 48.8 Å². The van der Waals surface area contributed by atoms with Crippen molar-refractivity contribution in [1.29, 1.82) is 0 Å². The van der Waals surface area contributed by atoms with E-state index in [1.165, 1.54) is 11.1 Å². The molecular formula is C25H36N4O. The Hall–Kier alpha value is -2.24. The van der Waals surface area contributed by atoms with Crippen LogP contribution in [0.2, 0.25) is 0 Å². The van der Waals surface area contributed by atoms with Gasteiger partial charge < -0.3 is 5.32 Å². The van der Waals surface area contributed by atoms with Gasteiger partial charge in [-0.1, -0.05) is 44.2 Å². The van der Waals surface area contributed by atoms with Gasteiger partial charge in [0, 0.05) is 38.1 Å². The second-order valence-corrected chi connectivity index (χ2v) is 9.09. The van der Waals surface area contributed by atoms with Crippen molar-refractivity contribution in [3.63, 3.8) is 0 Å². The second kappa shape index (κ2) is 11.2. The van der Waals surface area contributed by atoms with Crippen LogP contribution >= 0.6 is 0 Å². The molecule has 5 heteroatoms. The minimum absolute atomic E-state index is 0.103. The van der Waals surface area contributed by atoms with Gasteiger partial charge >= 0.3 is 0 Å². The molecule has 2 heterocycles. The fourth-order valence-corrected chi connectivity index (χ4v) is 4.21. The van der Waals surface area contributed by atoms with E-state index in [4.69, 9.17) is 0 Å². The van der Waals surface area contributed by atoms with Gasteiger partial charge in [-0.2, -0.15) is 0 Å². The third kappa shape index (κ3) is 7.54. The third-order valence-corrected chi connectivity index (χ3v) is 5.53. The molecular weight excluding hydrogens is 372 g/mol. The van der Waals surface area contributed by atoms with Crippen LogP contribution < -0.4 is 5.32 Å². The highest BCUT2D eigenvalue weighted by Gasteiger charge is 2.22. The van der Waals surface area contributed by atoms with Crippen molar-refractivity contribution < 1.29 is 4.79 Å². The molecule has 1 unspecified atom stereocenters. The van der Waals surface area contributed by atoms with Crippen LogP contribution in [0.5, 0.6) is 0 Å². The fraction of sp³-hybridized carbons (Fsp3) is 0.520. The van der Waals surface area contributed by atoms with Crippen LogP contribution in [0, 0.1) is 5.92 Å². The Morgan fingerprint density at radius 2 is 1.97 bits per heavy atom. The summed E-state index contributed by atoms with van der Waals surface area (Å²) in [5.41, 5.74) is 3.88. The number of pyridine rings is 1. The lowest BCUT2D eigenvalue weighted by Crippen LogP contribution is -2.49. The lowest BCUT2D eigenvalue weighted by Gasteiger charge is -2.33. The van der Waals surface area contributed by atoms with Crippen LogP contribution in [-0.2, 0) is 24.3 Å². The Kier molecular flexibility index (Phi) is 8.40. The summed E-state index contributed by atoms with van der Waals surface area (Å²) in [6.07, 6.45) is 6.94. The minimum Gasteiger partial charge on any atom is -0.351 e. The number of amides is 1. The first kappa shape index (κ1) is 22.4. The van der Waals surface area contributed by atoms with E-state index >= 15 is 0 Å². The summed E-state index contributed by atoms with van der Waals surface area (Å²) < 4.78 is 0.